The first kappa shape index (κ1) is 13.4. The Labute approximate surface area is 120 Å². The van der Waals surface area contributed by atoms with Gasteiger partial charge < -0.3 is 10.1 Å². The maximum Gasteiger partial charge on any atom is 0.0975 e. The van der Waals surface area contributed by atoms with Crippen LogP contribution in [0.4, 0.5) is 0 Å². The summed E-state index contributed by atoms with van der Waals surface area (Å²) in [5, 5.41) is 4.47. The SMILES string of the molecule is CC1NCC2(CCCC2)COC1c1ccc(Cl)cc1. The molecule has 2 unspecified atom stereocenters. The summed E-state index contributed by atoms with van der Waals surface area (Å²) in [7, 11) is 0. The number of ether oxygens (including phenoxy) is 1. The van der Waals surface area contributed by atoms with E-state index in [2.05, 4.69) is 24.4 Å². The molecule has 1 aromatic rings. The Balaban J connectivity index is 1.77. The molecule has 2 fully saturated rings. The van der Waals surface area contributed by atoms with Gasteiger partial charge in [0.25, 0.3) is 0 Å². The lowest BCUT2D eigenvalue weighted by molar-refractivity contribution is 0.00412. The average Bonchev–Trinajstić information content (AvgIpc) is 2.81. The predicted molar refractivity (Wildman–Crippen MR) is 78.5 cm³/mol. The Kier molecular flexibility index (Phi) is 3.84. The van der Waals surface area contributed by atoms with Gasteiger partial charge >= 0.3 is 0 Å². The number of nitrogens with one attached hydrogen (secondary N) is 1. The third-order valence-corrected chi connectivity index (χ3v) is 4.94. The molecule has 1 saturated carbocycles. The van der Waals surface area contributed by atoms with Crippen LogP contribution in [-0.2, 0) is 4.74 Å². The van der Waals surface area contributed by atoms with Crippen molar-refractivity contribution in [1.29, 1.82) is 0 Å². The standard InChI is InChI=1S/C16H22ClNO/c1-12-15(13-4-6-14(17)7-5-13)19-11-16(10-18-12)8-2-3-9-16/h4-7,12,15,18H,2-3,8-11H2,1H3. The largest absolute Gasteiger partial charge is 0.371 e. The minimum atomic E-state index is 0.136. The number of hydrogen-bond donors (Lipinski definition) is 1. The summed E-state index contributed by atoms with van der Waals surface area (Å²) >= 11 is 5.96. The van der Waals surface area contributed by atoms with E-state index in [1.165, 1.54) is 31.2 Å². The third-order valence-electron chi connectivity index (χ3n) is 4.68. The van der Waals surface area contributed by atoms with Crippen molar-refractivity contribution >= 4 is 11.6 Å². The van der Waals surface area contributed by atoms with Crippen LogP contribution >= 0.6 is 11.6 Å². The highest BCUT2D eigenvalue weighted by atomic mass is 35.5. The Morgan fingerprint density at radius 3 is 2.58 bits per heavy atom. The molecule has 1 N–H and O–H groups in total. The van der Waals surface area contributed by atoms with E-state index >= 15 is 0 Å². The molecule has 3 heteroatoms. The van der Waals surface area contributed by atoms with E-state index in [0.29, 0.717) is 11.5 Å². The molecule has 3 rings (SSSR count). The average molecular weight is 280 g/mol. The highest BCUT2D eigenvalue weighted by molar-refractivity contribution is 6.30. The predicted octanol–water partition coefficient (Wildman–Crippen LogP) is 3.95. The normalized spacial score (nSPS) is 30.4. The molecular formula is C16H22ClNO. The molecule has 19 heavy (non-hydrogen) atoms. The Morgan fingerprint density at radius 2 is 1.89 bits per heavy atom. The summed E-state index contributed by atoms with van der Waals surface area (Å²) in [5.41, 5.74) is 1.61. The zero-order valence-electron chi connectivity index (χ0n) is 11.5. The molecule has 2 atom stereocenters. The Morgan fingerprint density at radius 1 is 1.21 bits per heavy atom. The van der Waals surface area contributed by atoms with E-state index < -0.39 is 0 Å². The van der Waals surface area contributed by atoms with Crippen molar-refractivity contribution in [2.75, 3.05) is 13.2 Å². The molecule has 0 aromatic heterocycles. The first-order valence-corrected chi connectivity index (χ1v) is 7.67. The van der Waals surface area contributed by atoms with Crippen LogP contribution in [0.1, 0.15) is 44.3 Å². The van der Waals surface area contributed by atoms with Crippen LogP contribution in [0.2, 0.25) is 5.02 Å². The summed E-state index contributed by atoms with van der Waals surface area (Å²) < 4.78 is 6.27. The molecule has 0 amide bonds. The van der Waals surface area contributed by atoms with Crippen molar-refractivity contribution in [3.63, 3.8) is 0 Å². The van der Waals surface area contributed by atoms with E-state index in [9.17, 15) is 0 Å². The summed E-state index contributed by atoms with van der Waals surface area (Å²) in [4.78, 5) is 0. The topological polar surface area (TPSA) is 21.3 Å². The fraction of sp³-hybridized carbons (Fsp3) is 0.625. The maximum absolute atomic E-state index is 6.27. The molecule has 1 aliphatic carbocycles. The van der Waals surface area contributed by atoms with Crippen molar-refractivity contribution in [1.82, 2.24) is 5.32 Å². The molecule has 1 saturated heterocycles. The quantitative estimate of drug-likeness (QED) is 0.840. The minimum absolute atomic E-state index is 0.136. The second kappa shape index (κ2) is 5.43. The first-order valence-electron chi connectivity index (χ1n) is 7.29. The maximum atomic E-state index is 6.27. The molecule has 1 spiro atoms. The smallest absolute Gasteiger partial charge is 0.0975 e. The molecule has 1 aromatic carbocycles. The Bertz CT molecular complexity index is 425. The number of hydrogen-bond acceptors (Lipinski definition) is 2. The van der Waals surface area contributed by atoms with Crippen LogP contribution in [0.5, 0.6) is 0 Å². The van der Waals surface area contributed by atoms with Crippen LogP contribution in [0.3, 0.4) is 0 Å². The van der Waals surface area contributed by atoms with Gasteiger partial charge in [-0.25, -0.2) is 0 Å². The van der Waals surface area contributed by atoms with E-state index in [1.54, 1.807) is 0 Å². The van der Waals surface area contributed by atoms with Gasteiger partial charge in [0.1, 0.15) is 0 Å². The summed E-state index contributed by atoms with van der Waals surface area (Å²) in [6.45, 7) is 4.20. The van der Waals surface area contributed by atoms with E-state index in [4.69, 9.17) is 16.3 Å². The Hall–Kier alpha value is -0.570. The van der Waals surface area contributed by atoms with Crippen LogP contribution in [-0.4, -0.2) is 19.2 Å². The van der Waals surface area contributed by atoms with Crippen molar-refractivity contribution in [2.45, 2.75) is 44.8 Å². The van der Waals surface area contributed by atoms with Crippen molar-refractivity contribution < 1.29 is 4.74 Å². The van der Waals surface area contributed by atoms with Crippen molar-refractivity contribution in [2.24, 2.45) is 5.41 Å². The van der Waals surface area contributed by atoms with Crippen LogP contribution < -0.4 is 5.32 Å². The van der Waals surface area contributed by atoms with Gasteiger partial charge in [0.15, 0.2) is 0 Å². The first-order chi connectivity index (χ1) is 9.19. The fourth-order valence-corrected chi connectivity index (χ4v) is 3.56. The number of halogens is 1. The minimum Gasteiger partial charge on any atom is -0.371 e. The van der Waals surface area contributed by atoms with Gasteiger partial charge in [-0.1, -0.05) is 36.6 Å². The van der Waals surface area contributed by atoms with E-state index in [0.717, 1.165) is 18.2 Å². The van der Waals surface area contributed by atoms with Gasteiger partial charge in [0.05, 0.1) is 12.7 Å². The van der Waals surface area contributed by atoms with Crippen molar-refractivity contribution in [3.05, 3.63) is 34.9 Å². The van der Waals surface area contributed by atoms with E-state index in [-0.39, 0.29) is 6.10 Å². The van der Waals surface area contributed by atoms with Gasteiger partial charge in [0, 0.05) is 23.0 Å². The molecule has 0 radical (unpaired) electrons. The lowest BCUT2D eigenvalue weighted by atomic mass is 9.87. The van der Waals surface area contributed by atoms with Gasteiger partial charge in [-0.2, -0.15) is 0 Å². The molecule has 0 bridgehead atoms. The molecular weight excluding hydrogens is 258 g/mol. The van der Waals surface area contributed by atoms with Crippen molar-refractivity contribution in [3.8, 4) is 0 Å². The number of rotatable bonds is 1. The van der Waals surface area contributed by atoms with E-state index in [1.807, 2.05) is 12.1 Å². The summed E-state index contributed by atoms with van der Waals surface area (Å²) in [6, 6.07) is 8.41. The number of benzene rings is 1. The van der Waals surface area contributed by atoms with Crippen LogP contribution in [0.15, 0.2) is 24.3 Å². The zero-order valence-corrected chi connectivity index (χ0v) is 12.2. The van der Waals surface area contributed by atoms with Gasteiger partial charge in [-0.3, -0.25) is 0 Å². The van der Waals surface area contributed by atoms with Gasteiger partial charge in [-0.15, -0.1) is 0 Å². The fourth-order valence-electron chi connectivity index (χ4n) is 3.43. The lowest BCUT2D eigenvalue weighted by Gasteiger charge is -2.26. The van der Waals surface area contributed by atoms with Gasteiger partial charge in [0.2, 0.25) is 0 Å². The van der Waals surface area contributed by atoms with Crippen LogP contribution in [0, 0.1) is 5.41 Å². The lowest BCUT2D eigenvalue weighted by Crippen LogP contribution is -2.36. The molecule has 2 aliphatic rings. The molecule has 104 valence electrons. The molecule has 2 nitrogen and oxygen atoms in total. The molecule has 1 aliphatic heterocycles. The second-order valence-corrected chi connectivity index (χ2v) is 6.60. The monoisotopic (exact) mass is 279 g/mol. The van der Waals surface area contributed by atoms with Crippen LogP contribution in [0.25, 0.3) is 0 Å². The third kappa shape index (κ3) is 2.81. The molecule has 1 heterocycles. The highest BCUT2D eigenvalue weighted by Crippen LogP contribution is 2.41. The van der Waals surface area contributed by atoms with Gasteiger partial charge in [-0.05, 0) is 37.5 Å². The highest BCUT2D eigenvalue weighted by Gasteiger charge is 2.38. The summed E-state index contributed by atoms with van der Waals surface area (Å²) in [6.07, 6.45) is 5.45. The second-order valence-electron chi connectivity index (χ2n) is 6.16. The summed E-state index contributed by atoms with van der Waals surface area (Å²) in [5.74, 6) is 0. The zero-order chi connectivity index (χ0) is 13.3.